The smallest absolute Gasteiger partial charge is 0.140 e. The summed E-state index contributed by atoms with van der Waals surface area (Å²) in [5.41, 5.74) is 5.22. The number of rotatable bonds is 8. The molecule has 0 radical (unpaired) electrons. The number of fused-ring (bicyclic) bond motifs is 1. The second kappa shape index (κ2) is 11.9. The number of aromatic hydroxyl groups is 1. The number of hydrogen-bond donors (Lipinski definition) is 1. The highest BCUT2D eigenvalue weighted by atomic mass is 127. The van der Waals surface area contributed by atoms with Crippen molar-refractivity contribution in [2.75, 3.05) is 33.4 Å². The molecule has 1 aliphatic carbocycles. The van der Waals surface area contributed by atoms with Crippen molar-refractivity contribution in [3.05, 3.63) is 86.0 Å². The Morgan fingerprint density at radius 1 is 1.14 bits per heavy atom. The van der Waals surface area contributed by atoms with Gasteiger partial charge in [-0.2, -0.15) is 0 Å². The first-order valence-electron chi connectivity index (χ1n) is 12.8. The summed E-state index contributed by atoms with van der Waals surface area (Å²) >= 11 is -0.691. The van der Waals surface area contributed by atoms with Crippen LogP contribution in [0.3, 0.4) is 0 Å². The van der Waals surface area contributed by atoms with E-state index in [9.17, 15) is 9.50 Å². The molecule has 0 spiro atoms. The van der Waals surface area contributed by atoms with Gasteiger partial charge in [0.1, 0.15) is 29.2 Å². The number of likely N-dealkylation sites (tertiary alicyclic amines) is 1. The molecule has 0 unspecified atom stereocenters. The Kier molecular flexibility index (Phi) is 8.39. The molecule has 1 fully saturated rings. The van der Waals surface area contributed by atoms with Gasteiger partial charge >= 0.3 is 0 Å². The number of methoxy groups -OCH3 is 1. The Labute approximate surface area is 227 Å². The predicted molar refractivity (Wildman–Crippen MR) is 153 cm³/mol. The fourth-order valence-electron chi connectivity index (χ4n) is 5.29. The van der Waals surface area contributed by atoms with Crippen molar-refractivity contribution in [3.8, 4) is 11.5 Å². The van der Waals surface area contributed by atoms with Crippen LogP contribution in [0.15, 0.2) is 69.3 Å². The third kappa shape index (κ3) is 5.98. The van der Waals surface area contributed by atoms with Crippen molar-refractivity contribution in [1.29, 1.82) is 0 Å². The average Bonchev–Trinajstić information content (AvgIpc) is 3.27. The SMILES string of the molecule is COC1=CC(F)=C(C2=C(c3ccc(O[C@H]4CCN(CCCF)C4)cc3)c3ccc(O)cc3CCC2)I=C1. The van der Waals surface area contributed by atoms with E-state index in [2.05, 4.69) is 17.0 Å². The minimum atomic E-state index is -0.691. The third-order valence-electron chi connectivity index (χ3n) is 7.07. The second-order valence-electron chi connectivity index (χ2n) is 9.58. The van der Waals surface area contributed by atoms with Crippen LogP contribution in [-0.2, 0) is 11.2 Å². The average molecular weight is 619 g/mol. The molecule has 5 rings (SSSR count). The zero-order valence-electron chi connectivity index (χ0n) is 21.0. The molecule has 4 nitrogen and oxygen atoms in total. The van der Waals surface area contributed by atoms with Crippen LogP contribution in [0.1, 0.15) is 42.4 Å². The number of aryl methyl sites for hydroxylation is 1. The highest BCUT2D eigenvalue weighted by Crippen LogP contribution is 2.44. The van der Waals surface area contributed by atoms with E-state index in [1.807, 2.05) is 28.3 Å². The summed E-state index contributed by atoms with van der Waals surface area (Å²) in [5.74, 6) is 1.44. The topological polar surface area (TPSA) is 41.9 Å². The van der Waals surface area contributed by atoms with Crippen molar-refractivity contribution in [2.45, 2.75) is 38.2 Å². The van der Waals surface area contributed by atoms with Crippen LogP contribution in [0, 0.1) is 0 Å². The van der Waals surface area contributed by atoms with Crippen molar-refractivity contribution in [1.82, 2.24) is 4.90 Å². The number of phenols is 1. The van der Waals surface area contributed by atoms with Crippen LogP contribution in [-0.4, -0.2) is 53.5 Å². The van der Waals surface area contributed by atoms with E-state index in [0.717, 1.165) is 82.5 Å². The number of halogens is 3. The Bertz CT molecular complexity index is 1270. The highest BCUT2D eigenvalue weighted by Gasteiger charge is 2.26. The van der Waals surface area contributed by atoms with Gasteiger partial charge in [0.25, 0.3) is 0 Å². The van der Waals surface area contributed by atoms with Gasteiger partial charge in [0, 0.05) is 33.3 Å². The fraction of sp³-hybridized carbons (Fsp3) is 0.367. The lowest BCUT2D eigenvalue weighted by atomic mass is 9.90. The number of benzene rings is 2. The molecule has 37 heavy (non-hydrogen) atoms. The molecular weight excluding hydrogens is 587 g/mol. The summed E-state index contributed by atoms with van der Waals surface area (Å²) in [6.45, 7) is 2.24. The maximum absolute atomic E-state index is 15.3. The number of allylic oxidation sites excluding steroid dienone is 5. The summed E-state index contributed by atoms with van der Waals surface area (Å²) in [6.07, 6.45) is 5.58. The number of hydrogen-bond acceptors (Lipinski definition) is 4. The van der Waals surface area contributed by atoms with Crippen molar-refractivity contribution < 1.29 is 23.4 Å². The highest BCUT2D eigenvalue weighted by molar-refractivity contribution is 14.2. The van der Waals surface area contributed by atoms with Gasteiger partial charge in [-0.1, -0.05) is 38.9 Å². The first kappa shape index (κ1) is 26.1. The Hall–Kier alpha value is -2.52. The summed E-state index contributed by atoms with van der Waals surface area (Å²) in [4.78, 5) is 2.25. The summed E-state index contributed by atoms with van der Waals surface area (Å²) in [6, 6.07) is 13.6. The molecule has 1 atom stereocenters. The van der Waals surface area contributed by atoms with Gasteiger partial charge in [-0.05, 0) is 84.2 Å². The van der Waals surface area contributed by atoms with Crippen molar-refractivity contribution >= 4 is 30.3 Å². The van der Waals surface area contributed by atoms with Crippen LogP contribution < -0.4 is 4.74 Å². The van der Waals surface area contributed by atoms with E-state index in [1.165, 1.54) is 6.08 Å². The molecule has 0 aromatic heterocycles. The minimum Gasteiger partial charge on any atom is -0.508 e. The lowest BCUT2D eigenvalue weighted by molar-refractivity contribution is 0.198. The Morgan fingerprint density at radius 3 is 2.73 bits per heavy atom. The summed E-state index contributed by atoms with van der Waals surface area (Å²) in [5, 5.41) is 10.1. The maximum atomic E-state index is 15.3. The molecule has 0 amide bonds. The van der Waals surface area contributed by atoms with Gasteiger partial charge in [0.2, 0.25) is 0 Å². The van der Waals surface area contributed by atoms with Gasteiger partial charge in [0.15, 0.2) is 0 Å². The lowest BCUT2D eigenvalue weighted by Gasteiger charge is -2.19. The first-order valence-corrected chi connectivity index (χ1v) is 15.1. The molecule has 1 saturated heterocycles. The fourth-order valence-corrected chi connectivity index (χ4v) is 7.71. The third-order valence-corrected chi connectivity index (χ3v) is 9.78. The van der Waals surface area contributed by atoms with E-state index in [1.54, 1.807) is 13.2 Å². The molecule has 2 heterocycles. The van der Waals surface area contributed by atoms with E-state index in [-0.39, 0.29) is 24.4 Å². The lowest BCUT2D eigenvalue weighted by Crippen LogP contribution is -2.26. The largest absolute Gasteiger partial charge is 0.508 e. The van der Waals surface area contributed by atoms with Crippen LogP contribution >= 0.6 is 20.7 Å². The minimum absolute atomic E-state index is 0.102. The van der Waals surface area contributed by atoms with Crippen LogP contribution in [0.5, 0.6) is 11.5 Å². The van der Waals surface area contributed by atoms with Gasteiger partial charge in [-0.15, -0.1) is 0 Å². The summed E-state index contributed by atoms with van der Waals surface area (Å²) in [7, 11) is 1.57. The summed E-state index contributed by atoms with van der Waals surface area (Å²) < 4.78 is 42.2. The first-order chi connectivity index (χ1) is 18.1. The molecular formula is C30H32F2INO3. The van der Waals surface area contributed by atoms with Gasteiger partial charge in [-0.3, -0.25) is 9.29 Å². The standard InChI is InChI=1S/C30H32F2INO3/c1-36-25-17-28(32)30(33-18-25)27-5-2-4-21-16-22(35)8-11-26(21)29(27)20-6-9-23(10-7-20)37-24-12-15-34(19-24)14-3-13-31/h6-11,16-18,24,35H,2-5,12-15,19H2,1H3/t24-/m0/s1. The second-order valence-corrected chi connectivity index (χ2v) is 11.9. The molecule has 3 aliphatic rings. The Balaban J connectivity index is 1.49. The molecule has 1 N–H and O–H groups in total. The number of phenolic OH excluding ortho intramolecular Hbond substituents is 1. The monoisotopic (exact) mass is 619 g/mol. The molecule has 2 aromatic rings. The number of nitrogens with zero attached hydrogens (tertiary/aromatic N) is 1. The molecule has 2 aromatic carbocycles. The molecule has 0 bridgehead atoms. The molecule has 196 valence electrons. The quantitative estimate of drug-likeness (QED) is 0.329. The van der Waals surface area contributed by atoms with E-state index in [0.29, 0.717) is 12.2 Å². The van der Waals surface area contributed by atoms with Gasteiger partial charge in [-0.25, -0.2) is 4.39 Å². The van der Waals surface area contributed by atoms with Crippen molar-refractivity contribution in [3.63, 3.8) is 0 Å². The molecule has 0 saturated carbocycles. The zero-order chi connectivity index (χ0) is 25.8. The van der Waals surface area contributed by atoms with Crippen molar-refractivity contribution in [2.24, 2.45) is 0 Å². The van der Waals surface area contributed by atoms with E-state index >= 15 is 4.39 Å². The molecule has 2 aliphatic heterocycles. The van der Waals surface area contributed by atoms with Crippen LogP contribution in [0.2, 0.25) is 0 Å². The Morgan fingerprint density at radius 2 is 1.97 bits per heavy atom. The normalized spacial score (nSPS) is 20.3. The molecule has 7 heteroatoms. The number of alkyl halides is 1. The van der Waals surface area contributed by atoms with Crippen LogP contribution in [0.4, 0.5) is 8.78 Å². The van der Waals surface area contributed by atoms with Crippen LogP contribution in [0.25, 0.3) is 5.57 Å². The zero-order valence-corrected chi connectivity index (χ0v) is 23.1. The predicted octanol–water partition coefficient (Wildman–Crippen LogP) is 6.84. The maximum Gasteiger partial charge on any atom is 0.140 e. The van der Waals surface area contributed by atoms with E-state index < -0.39 is 20.7 Å². The van der Waals surface area contributed by atoms with E-state index in [4.69, 9.17) is 9.47 Å². The van der Waals surface area contributed by atoms with Gasteiger partial charge in [0.05, 0.1) is 13.8 Å². The number of ether oxygens (including phenoxy) is 2. The van der Waals surface area contributed by atoms with Gasteiger partial charge < -0.3 is 14.6 Å².